The molecule has 21 heavy (non-hydrogen) atoms. The molecule has 7 heteroatoms. The molecular formula is C14H19N3O4. The first-order chi connectivity index (χ1) is 10.1. The Kier molecular flexibility index (Phi) is 4.77. The van der Waals surface area contributed by atoms with Gasteiger partial charge >= 0.3 is 5.69 Å². The molecule has 0 radical (unpaired) electrons. The van der Waals surface area contributed by atoms with Crippen LogP contribution in [0.3, 0.4) is 0 Å². The van der Waals surface area contributed by atoms with E-state index >= 15 is 0 Å². The second-order valence-electron chi connectivity index (χ2n) is 4.81. The highest BCUT2D eigenvalue weighted by molar-refractivity contribution is 5.58. The lowest BCUT2D eigenvalue weighted by molar-refractivity contribution is -0.386. The number of piperazine rings is 1. The number of hydrogen-bond acceptors (Lipinski definition) is 6. The second kappa shape index (κ2) is 6.55. The zero-order valence-electron chi connectivity index (χ0n) is 11.9. The molecule has 0 amide bonds. The first-order valence-corrected chi connectivity index (χ1v) is 6.71. The minimum absolute atomic E-state index is 0.0983. The molecule has 1 aromatic rings. The first-order valence-electron chi connectivity index (χ1n) is 6.71. The van der Waals surface area contributed by atoms with Gasteiger partial charge in [-0.3, -0.25) is 15.0 Å². The summed E-state index contributed by atoms with van der Waals surface area (Å²) in [5.41, 5.74) is 0.333. The van der Waals surface area contributed by atoms with Crippen LogP contribution in [0.1, 0.15) is 11.6 Å². The third-order valence-electron chi connectivity index (χ3n) is 3.60. The monoisotopic (exact) mass is 293 g/mol. The second-order valence-corrected chi connectivity index (χ2v) is 4.81. The third kappa shape index (κ3) is 3.14. The number of nitro benzene ring substituents is 1. The maximum absolute atomic E-state index is 11.1. The molecule has 1 saturated heterocycles. The highest BCUT2D eigenvalue weighted by Crippen LogP contribution is 2.39. The summed E-state index contributed by atoms with van der Waals surface area (Å²) >= 11 is 0. The van der Waals surface area contributed by atoms with Crippen molar-refractivity contribution in [1.29, 1.82) is 0 Å². The maximum Gasteiger partial charge on any atom is 0.315 e. The molecule has 1 aromatic carbocycles. The first kappa shape index (κ1) is 15.3. The zero-order chi connectivity index (χ0) is 15.4. The molecular weight excluding hydrogens is 274 g/mol. The number of phenols is 1. The normalized spacial score (nSPS) is 17.2. The fraction of sp³-hybridized carbons (Fsp3) is 0.429. The Morgan fingerprint density at radius 1 is 1.52 bits per heavy atom. The fourth-order valence-corrected chi connectivity index (χ4v) is 2.54. The van der Waals surface area contributed by atoms with Gasteiger partial charge in [-0.25, -0.2) is 0 Å². The van der Waals surface area contributed by atoms with Crippen molar-refractivity contribution in [3.8, 4) is 11.5 Å². The van der Waals surface area contributed by atoms with E-state index in [-0.39, 0.29) is 17.5 Å². The van der Waals surface area contributed by atoms with Gasteiger partial charge in [0.2, 0.25) is 5.75 Å². The van der Waals surface area contributed by atoms with E-state index in [1.807, 2.05) is 0 Å². The Labute approximate surface area is 123 Å². The molecule has 114 valence electrons. The predicted molar refractivity (Wildman–Crippen MR) is 78.7 cm³/mol. The van der Waals surface area contributed by atoms with Gasteiger partial charge in [0, 0.05) is 32.2 Å². The number of hydrogen-bond donors (Lipinski definition) is 2. The highest BCUT2D eigenvalue weighted by atomic mass is 16.6. The number of ether oxygens (including phenoxy) is 1. The van der Waals surface area contributed by atoms with Gasteiger partial charge in [0.15, 0.2) is 5.75 Å². The number of nitrogens with zero attached hydrogens (tertiary/aromatic N) is 2. The summed E-state index contributed by atoms with van der Waals surface area (Å²) in [6.07, 6.45) is 1.75. The Morgan fingerprint density at radius 2 is 2.19 bits per heavy atom. The number of nitro groups is 1. The number of rotatable bonds is 5. The Balaban J connectivity index is 2.42. The van der Waals surface area contributed by atoms with Crippen LogP contribution in [0.25, 0.3) is 0 Å². The van der Waals surface area contributed by atoms with E-state index in [0.717, 1.165) is 26.2 Å². The van der Waals surface area contributed by atoms with Gasteiger partial charge in [-0.05, 0) is 11.6 Å². The van der Waals surface area contributed by atoms with Crippen LogP contribution in [0.2, 0.25) is 0 Å². The summed E-state index contributed by atoms with van der Waals surface area (Å²) < 4.78 is 5.04. The number of benzene rings is 1. The van der Waals surface area contributed by atoms with E-state index in [9.17, 15) is 15.2 Å². The summed E-state index contributed by atoms with van der Waals surface area (Å²) in [6.45, 7) is 7.21. The Hall–Kier alpha value is -2.12. The molecule has 1 heterocycles. The number of aromatic hydroxyl groups is 1. The summed E-state index contributed by atoms with van der Waals surface area (Å²) in [4.78, 5) is 12.6. The van der Waals surface area contributed by atoms with E-state index in [4.69, 9.17) is 4.74 Å². The summed E-state index contributed by atoms with van der Waals surface area (Å²) in [5.74, 6) is -0.351. The van der Waals surface area contributed by atoms with Crippen molar-refractivity contribution in [2.24, 2.45) is 0 Å². The van der Waals surface area contributed by atoms with Crippen LogP contribution in [0, 0.1) is 10.1 Å². The minimum Gasteiger partial charge on any atom is -0.500 e. The summed E-state index contributed by atoms with van der Waals surface area (Å²) in [7, 11) is 1.37. The molecule has 1 aliphatic rings. The van der Waals surface area contributed by atoms with Crippen molar-refractivity contribution in [3.63, 3.8) is 0 Å². The van der Waals surface area contributed by atoms with Gasteiger partial charge in [0.25, 0.3) is 0 Å². The molecule has 0 aliphatic carbocycles. The largest absolute Gasteiger partial charge is 0.500 e. The van der Waals surface area contributed by atoms with Gasteiger partial charge in [-0.1, -0.05) is 6.08 Å². The molecule has 1 aliphatic heterocycles. The van der Waals surface area contributed by atoms with E-state index < -0.39 is 10.7 Å². The van der Waals surface area contributed by atoms with Crippen molar-refractivity contribution >= 4 is 5.69 Å². The van der Waals surface area contributed by atoms with Crippen molar-refractivity contribution in [1.82, 2.24) is 10.2 Å². The van der Waals surface area contributed by atoms with E-state index in [2.05, 4.69) is 16.8 Å². The predicted octanol–water partition coefficient (Wildman–Crippen LogP) is 1.44. The standard InChI is InChI=1S/C14H19N3O4/c1-3-11(16-6-4-15-5-7-16)10-8-12(17(19)20)14(18)13(9-10)21-2/h3,8-9,11,15,18H,1,4-7H2,2H3/t11-/m0/s1. The molecule has 1 atom stereocenters. The number of nitrogens with one attached hydrogen (secondary N) is 1. The van der Waals surface area contributed by atoms with Crippen LogP contribution in [-0.2, 0) is 0 Å². The Morgan fingerprint density at radius 3 is 2.71 bits per heavy atom. The maximum atomic E-state index is 11.1. The Bertz CT molecular complexity index is 541. The van der Waals surface area contributed by atoms with E-state index in [1.165, 1.54) is 13.2 Å². The van der Waals surface area contributed by atoms with Crippen LogP contribution < -0.4 is 10.1 Å². The molecule has 0 saturated carbocycles. The van der Waals surface area contributed by atoms with Gasteiger partial charge in [-0.2, -0.15) is 0 Å². The lowest BCUT2D eigenvalue weighted by atomic mass is 10.0. The van der Waals surface area contributed by atoms with Crippen LogP contribution in [-0.4, -0.2) is 48.2 Å². The van der Waals surface area contributed by atoms with Gasteiger partial charge < -0.3 is 15.2 Å². The minimum atomic E-state index is -0.612. The molecule has 7 nitrogen and oxygen atoms in total. The summed E-state index contributed by atoms with van der Waals surface area (Å²) in [6, 6.07) is 2.85. The van der Waals surface area contributed by atoms with Crippen molar-refractivity contribution in [2.45, 2.75) is 6.04 Å². The van der Waals surface area contributed by atoms with Gasteiger partial charge in [0.1, 0.15) is 0 Å². The van der Waals surface area contributed by atoms with Crippen molar-refractivity contribution < 1.29 is 14.8 Å². The average molecular weight is 293 g/mol. The van der Waals surface area contributed by atoms with Crippen LogP contribution in [0.15, 0.2) is 24.8 Å². The summed E-state index contributed by atoms with van der Waals surface area (Å²) in [5, 5.41) is 24.2. The lowest BCUT2D eigenvalue weighted by Crippen LogP contribution is -2.44. The van der Waals surface area contributed by atoms with Crippen molar-refractivity contribution in [2.75, 3.05) is 33.3 Å². The van der Waals surface area contributed by atoms with E-state index in [1.54, 1.807) is 12.1 Å². The molecule has 1 fully saturated rings. The molecule has 2 rings (SSSR count). The lowest BCUT2D eigenvalue weighted by Gasteiger charge is -2.33. The average Bonchev–Trinajstić information content (AvgIpc) is 2.50. The molecule has 0 spiro atoms. The van der Waals surface area contributed by atoms with Gasteiger partial charge in [0.05, 0.1) is 18.1 Å². The topological polar surface area (TPSA) is 87.9 Å². The number of phenolic OH excluding ortho intramolecular Hbond substituents is 1. The van der Waals surface area contributed by atoms with Crippen LogP contribution >= 0.6 is 0 Å². The third-order valence-corrected chi connectivity index (χ3v) is 3.60. The quantitative estimate of drug-likeness (QED) is 0.485. The number of methoxy groups -OCH3 is 1. The zero-order valence-corrected chi connectivity index (χ0v) is 11.9. The molecule has 0 bridgehead atoms. The molecule has 2 N–H and O–H groups in total. The fourth-order valence-electron chi connectivity index (χ4n) is 2.54. The van der Waals surface area contributed by atoms with Crippen LogP contribution in [0.5, 0.6) is 11.5 Å². The highest BCUT2D eigenvalue weighted by Gasteiger charge is 2.25. The van der Waals surface area contributed by atoms with Gasteiger partial charge in [-0.15, -0.1) is 6.58 Å². The SMILES string of the molecule is C=C[C@@H](c1cc(OC)c(O)c([N+](=O)[O-])c1)N1CCNCC1. The van der Waals surface area contributed by atoms with Crippen LogP contribution in [0.4, 0.5) is 5.69 Å². The van der Waals surface area contributed by atoms with Crippen molar-refractivity contribution in [3.05, 3.63) is 40.5 Å². The molecule has 0 unspecified atom stereocenters. The smallest absolute Gasteiger partial charge is 0.315 e. The molecule has 0 aromatic heterocycles. The van der Waals surface area contributed by atoms with E-state index in [0.29, 0.717) is 5.56 Å².